The molecule has 3 nitrogen and oxygen atoms in total. The van der Waals surface area contributed by atoms with Crippen LogP contribution in [0.25, 0.3) is 0 Å². The Hall–Kier alpha value is -2.29. The summed E-state index contributed by atoms with van der Waals surface area (Å²) >= 11 is 0. The number of anilines is 2. The number of hydrogen-bond donors (Lipinski definition) is 1. The maximum atomic E-state index is 11.8. The molecular formula is C17H19NO2. The fourth-order valence-electron chi connectivity index (χ4n) is 2.03. The minimum Gasteiger partial charge on any atom is -0.468 e. The number of methoxy groups -OCH3 is 1. The third-order valence-electron chi connectivity index (χ3n) is 3.36. The number of hydrogen-bond acceptors (Lipinski definition) is 3. The zero-order valence-corrected chi connectivity index (χ0v) is 12.0. The smallest absolute Gasteiger partial charge is 0.315 e. The van der Waals surface area contributed by atoms with Crippen LogP contribution in [0.4, 0.5) is 11.4 Å². The molecule has 2 aromatic rings. The molecular weight excluding hydrogens is 250 g/mol. The fourth-order valence-corrected chi connectivity index (χ4v) is 2.03. The summed E-state index contributed by atoms with van der Waals surface area (Å²) in [5, 5.41) is 3.31. The van der Waals surface area contributed by atoms with E-state index in [0.717, 1.165) is 16.9 Å². The van der Waals surface area contributed by atoms with E-state index in [-0.39, 0.29) is 5.97 Å². The molecule has 0 aliphatic heterocycles. The van der Waals surface area contributed by atoms with Crippen molar-refractivity contribution in [2.45, 2.75) is 19.3 Å². The third-order valence-corrected chi connectivity index (χ3v) is 3.36. The number of esters is 1. The van der Waals surface area contributed by atoms with Crippen LogP contribution in [0.15, 0.2) is 54.6 Å². The summed E-state index contributed by atoms with van der Waals surface area (Å²) in [5.74, 6) is -0.235. The second-order valence-corrected chi connectivity index (χ2v) is 5.18. The lowest BCUT2D eigenvalue weighted by Crippen LogP contribution is -2.30. The number of ether oxygens (including phenoxy) is 1. The Morgan fingerprint density at radius 1 is 0.950 bits per heavy atom. The van der Waals surface area contributed by atoms with Crippen LogP contribution in [0.1, 0.15) is 19.4 Å². The number of carbonyl (C=O) groups is 1. The maximum Gasteiger partial charge on any atom is 0.315 e. The lowest BCUT2D eigenvalue weighted by atomic mass is 9.85. The highest BCUT2D eigenvalue weighted by Gasteiger charge is 2.30. The molecule has 2 aromatic carbocycles. The summed E-state index contributed by atoms with van der Waals surface area (Å²) < 4.78 is 4.84. The summed E-state index contributed by atoms with van der Waals surface area (Å²) in [6.45, 7) is 3.72. The Labute approximate surface area is 119 Å². The van der Waals surface area contributed by atoms with Gasteiger partial charge in [0.25, 0.3) is 0 Å². The molecule has 0 amide bonds. The van der Waals surface area contributed by atoms with E-state index in [1.165, 1.54) is 7.11 Å². The molecule has 2 rings (SSSR count). The van der Waals surface area contributed by atoms with Crippen molar-refractivity contribution in [1.82, 2.24) is 0 Å². The van der Waals surface area contributed by atoms with Crippen LogP contribution in [-0.4, -0.2) is 13.1 Å². The van der Waals surface area contributed by atoms with E-state index in [1.807, 2.05) is 68.4 Å². The van der Waals surface area contributed by atoms with Gasteiger partial charge in [-0.2, -0.15) is 0 Å². The van der Waals surface area contributed by atoms with Gasteiger partial charge in [0.05, 0.1) is 12.5 Å². The maximum absolute atomic E-state index is 11.8. The van der Waals surface area contributed by atoms with E-state index in [2.05, 4.69) is 5.32 Å². The topological polar surface area (TPSA) is 38.3 Å². The summed E-state index contributed by atoms with van der Waals surface area (Å²) in [7, 11) is 1.41. The molecule has 0 aromatic heterocycles. The van der Waals surface area contributed by atoms with Gasteiger partial charge in [0.15, 0.2) is 0 Å². The van der Waals surface area contributed by atoms with Gasteiger partial charge in [0.2, 0.25) is 0 Å². The number of nitrogens with one attached hydrogen (secondary N) is 1. The molecule has 0 aliphatic rings. The van der Waals surface area contributed by atoms with Gasteiger partial charge < -0.3 is 10.1 Å². The largest absolute Gasteiger partial charge is 0.468 e. The number of rotatable bonds is 4. The van der Waals surface area contributed by atoms with Crippen molar-refractivity contribution in [2.75, 3.05) is 12.4 Å². The first-order chi connectivity index (χ1) is 9.54. The lowest BCUT2D eigenvalue weighted by molar-refractivity contribution is -0.146. The van der Waals surface area contributed by atoms with E-state index >= 15 is 0 Å². The molecule has 0 atom stereocenters. The molecule has 0 spiro atoms. The average Bonchev–Trinajstić information content (AvgIpc) is 2.48. The quantitative estimate of drug-likeness (QED) is 0.856. The summed E-state index contributed by atoms with van der Waals surface area (Å²) in [6.07, 6.45) is 0. The molecule has 3 heteroatoms. The van der Waals surface area contributed by atoms with Crippen LogP contribution in [0.2, 0.25) is 0 Å². The van der Waals surface area contributed by atoms with Crippen LogP contribution < -0.4 is 5.32 Å². The number of para-hydroxylation sites is 1. The molecule has 0 unspecified atom stereocenters. The summed E-state index contributed by atoms with van der Waals surface area (Å²) in [6, 6.07) is 17.8. The van der Waals surface area contributed by atoms with Crippen molar-refractivity contribution in [3.05, 3.63) is 60.2 Å². The second-order valence-electron chi connectivity index (χ2n) is 5.18. The first-order valence-electron chi connectivity index (χ1n) is 6.55. The SMILES string of the molecule is COC(=O)C(C)(C)c1ccc(Nc2ccccc2)cc1. The number of carbonyl (C=O) groups excluding carboxylic acids is 1. The third kappa shape index (κ3) is 2.99. The van der Waals surface area contributed by atoms with Gasteiger partial charge in [-0.3, -0.25) is 4.79 Å². The fraction of sp³-hybridized carbons (Fsp3) is 0.235. The van der Waals surface area contributed by atoms with Crippen molar-refractivity contribution < 1.29 is 9.53 Å². The van der Waals surface area contributed by atoms with Crippen LogP contribution in [0.3, 0.4) is 0 Å². The standard InChI is InChI=1S/C17H19NO2/c1-17(2,16(19)20-3)13-9-11-15(12-10-13)18-14-7-5-4-6-8-14/h4-12,18H,1-3H3. The van der Waals surface area contributed by atoms with Gasteiger partial charge in [0, 0.05) is 11.4 Å². The first kappa shape index (κ1) is 14.1. The van der Waals surface area contributed by atoms with Gasteiger partial charge in [-0.15, -0.1) is 0 Å². The molecule has 0 radical (unpaired) electrons. The van der Waals surface area contributed by atoms with E-state index < -0.39 is 5.41 Å². The average molecular weight is 269 g/mol. The Kier molecular flexibility index (Phi) is 4.08. The van der Waals surface area contributed by atoms with Gasteiger partial charge in [-0.05, 0) is 43.7 Å². The summed E-state index contributed by atoms with van der Waals surface area (Å²) in [4.78, 5) is 11.8. The van der Waals surface area contributed by atoms with E-state index in [9.17, 15) is 4.79 Å². The zero-order valence-electron chi connectivity index (χ0n) is 12.0. The molecule has 1 N–H and O–H groups in total. The van der Waals surface area contributed by atoms with Crippen molar-refractivity contribution in [3.8, 4) is 0 Å². The van der Waals surface area contributed by atoms with Crippen LogP contribution in [0, 0.1) is 0 Å². The Bertz CT molecular complexity index is 574. The van der Waals surface area contributed by atoms with Crippen molar-refractivity contribution in [2.24, 2.45) is 0 Å². The zero-order chi connectivity index (χ0) is 14.6. The van der Waals surface area contributed by atoms with Gasteiger partial charge in [0.1, 0.15) is 0 Å². The molecule has 0 bridgehead atoms. The van der Waals surface area contributed by atoms with Crippen molar-refractivity contribution in [3.63, 3.8) is 0 Å². The van der Waals surface area contributed by atoms with Gasteiger partial charge in [-0.25, -0.2) is 0 Å². The molecule has 0 saturated heterocycles. The summed E-state index contributed by atoms with van der Waals surface area (Å²) in [5.41, 5.74) is 2.32. The second kappa shape index (κ2) is 5.78. The normalized spacial score (nSPS) is 10.9. The molecule has 0 saturated carbocycles. The predicted octanol–water partition coefficient (Wildman–Crippen LogP) is 3.88. The highest BCUT2D eigenvalue weighted by molar-refractivity contribution is 5.82. The molecule has 104 valence electrons. The predicted molar refractivity (Wildman–Crippen MR) is 81.2 cm³/mol. The van der Waals surface area contributed by atoms with Crippen LogP contribution in [0.5, 0.6) is 0 Å². The van der Waals surface area contributed by atoms with Gasteiger partial charge >= 0.3 is 5.97 Å². The molecule has 0 fully saturated rings. The Morgan fingerprint density at radius 3 is 2.05 bits per heavy atom. The lowest BCUT2D eigenvalue weighted by Gasteiger charge is -2.22. The van der Waals surface area contributed by atoms with E-state index in [0.29, 0.717) is 0 Å². The van der Waals surface area contributed by atoms with E-state index in [4.69, 9.17) is 4.74 Å². The highest BCUT2D eigenvalue weighted by Crippen LogP contribution is 2.26. The van der Waals surface area contributed by atoms with Gasteiger partial charge in [-0.1, -0.05) is 30.3 Å². The molecule has 0 heterocycles. The van der Waals surface area contributed by atoms with Crippen molar-refractivity contribution >= 4 is 17.3 Å². The molecule has 0 aliphatic carbocycles. The minimum absolute atomic E-state index is 0.235. The molecule has 20 heavy (non-hydrogen) atoms. The van der Waals surface area contributed by atoms with Crippen LogP contribution >= 0.6 is 0 Å². The monoisotopic (exact) mass is 269 g/mol. The minimum atomic E-state index is -0.639. The highest BCUT2D eigenvalue weighted by atomic mass is 16.5. The van der Waals surface area contributed by atoms with Crippen LogP contribution in [-0.2, 0) is 14.9 Å². The Balaban J connectivity index is 2.16. The van der Waals surface area contributed by atoms with Crippen molar-refractivity contribution in [1.29, 1.82) is 0 Å². The Morgan fingerprint density at radius 2 is 1.50 bits per heavy atom. The van der Waals surface area contributed by atoms with E-state index in [1.54, 1.807) is 0 Å². The number of benzene rings is 2. The first-order valence-corrected chi connectivity index (χ1v) is 6.55.